The van der Waals surface area contributed by atoms with Crippen LogP contribution in [0.1, 0.15) is 24.8 Å². The van der Waals surface area contributed by atoms with Crippen molar-refractivity contribution in [2.24, 2.45) is 5.92 Å². The van der Waals surface area contributed by atoms with Gasteiger partial charge in [-0.1, -0.05) is 19.1 Å². The zero-order valence-electron chi connectivity index (χ0n) is 15.4. The van der Waals surface area contributed by atoms with Gasteiger partial charge in [-0.25, -0.2) is 4.39 Å². The van der Waals surface area contributed by atoms with Gasteiger partial charge in [0.2, 0.25) is 6.79 Å². The molecule has 4 nitrogen and oxygen atoms in total. The number of likely N-dealkylation sites (tertiary alicyclic amines) is 1. The molecule has 2 aromatic rings. The molecule has 1 fully saturated rings. The zero-order chi connectivity index (χ0) is 17.9. The van der Waals surface area contributed by atoms with E-state index < -0.39 is 0 Å². The highest BCUT2D eigenvalue weighted by Crippen LogP contribution is 2.37. The number of hydrogen-bond donors (Lipinski definition) is 0. The Morgan fingerprint density at radius 1 is 1.11 bits per heavy atom. The largest absolute Gasteiger partial charge is 0.493 e. The van der Waals surface area contributed by atoms with Crippen molar-refractivity contribution in [1.29, 1.82) is 0 Å². The number of halogens is 2. The van der Waals surface area contributed by atoms with Crippen molar-refractivity contribution in [1.82, 2.24) is 4.90 Å². The monoisotopic (exact) mass is 393 g/mol. The lowest BCUT2D eigenvalue weighted by molar-refractivity contribution is 0.115. The number of rotatable bonds is 5. The maximum absolute atomic E-state index is 13.3. The number of fused-ring (bicyclic) bond motifs is 1. The number of piperidine rings is 1. The van der Waals surface area contributed by atoms with Crippen LogP contribution in [0.15, 0.2) is 42.5 Å². The summed E-state index contributed by atoms with van der Waals surface area (Å²) in [5.74, 6) is 2.84. The molecule has 6 heteroatoms. The molecule has 0 saturated carbocycles. The minimum Gasteiger partial charge on any atom is -0.493 e. The van der Waals surface area contributed by atoms with Gasteiger partial charge in [-0.05, 0) is 55.3 Å². The lowest BCUT2D eigenvalue weighted by Crippen LogP contribution is -2.41. The van der Waals surface area contributed by atoms with E-state index in [2.05, 4.69) is 11.8 Å². The smallest absolute Gasteiger partial charge is 0.231 e. The average Bonchev–Trinajstić information content (AvgIpc) is 3.14. The molecular weight excluding hydrogens is 369 g/mol. The summed E-state index contributed by atoms with van der Waals surface area (Å²) in [6.45, 7) is 6.17. The van der Waals surface area contributed by atoms with Gasteiger partial charge in [0, 0.05) is 18.5 Å². The standard InChI is InChI=1S/C21H24FNO3.ClH/c1-2-23-10-9-19(15-3-5-17(22)6-4-15)16(12-23)13-24-18-7-8-20-21(11-18)26-14-25-20;/h3-8,11,16,19H,2,9-10,12-14H2,1H3;1H/t16-,19-;/m0./s1. The first kappa shape index (κ1) is 19.8. The normalized spacial score (nSPS) is 21.6. The molecule has 27 heavy (non-hydrogen) atoms. The van der Waals surface area contributed by atoms with Gasteiger partial charge in [0.25, 0.3) is 0 Å². The molecule has 146 valence electrons. The molecule has 0 unspecified atom stereocenters. The third-order valence-corrected chi connectivity index (χ3v) is 5.37. The lowest BCUT2D eigenvalue weighted by atomic mass is 9.81. The minimum atomic E-state index is -0.187. The average molecular weight is 394 g/mol. The number of nitrogens with zero attached hydrogens (tertiary/aromatic N) is 1. The van der Waals surface area contributed by atoms with E-state index in [1.165, 1.54) is 5.56 Å². The maximum Gasteiger partial charge on any atom is 0.231 e. The van der Waals surface area contributed by atoms with Crippen LogP contribution in [0, 0.1) is 11.7 Å². The van der Waals surface area contributed by atoms with Crippen LogP contribution in [0.3, 0.4) is 0 Å². The highest BCUT2D eigenvalue weighted by Gasteiger charge is 2.30. The van der Waals surface area contributed by atoms with Gasteiger partial charge in [0.1, 0.15) is 11.6 Å². The van der Waals surface area contributed by atoms with Crippen molar-refractivity contribution < 1.29 is 18.6 Å². The van der Waals surface area contributed by atoms with Crippen LogP contribution in [-0.4, -0.2) is 37.9 Å². The third kappa shape index (κ3) is 4.47. The summed E-state index contributed by atoms with van der Waals surface area (Å²) in [4.78, 5) is 2.45. The number of ether oxygens (including phenoxy) is 3. The molecule has 2 aliphatic heterocycles. The summed E-state index contributed by atoms with van der Waals surface area (Å²) in [7, 11) is 0. The summed E-state index contributed by atoms with van der Waals surface area (Å²) in [6.07, 6.45) is 1.06. The Kier molecular flexibility index (Phi) is 6.45. The fourth-order valence-electron chi connectivity index (χ4n) is 3.88. The quantitative estimate of drug-likeness (QED) is 0.749. The second-order valence-corrected chi connectivity index (χ2v) is 6.93. The summed E-state index contributed by atoms with van der Waals surface area (Å²) in [5.41, 5.74) is 1.20. The predicted molar refractivity (Wildman–Crippen MR) is 105 cm³/mol. The van der Waals surface area contributed by atoms with Gasteiger partial charge in [0.15, 0.2) is 11.5 Å². The van der Waals surface area contributed by atoms with E-state index in [4.69, 9.17) is 14.2 Å². The van der Waals surface area contributed by atoms with E-state index in [-0.39, 0.29) is 25.0 Å². The number of hydrogen-bond acceptors (Lipinski definition) is 4. The van der Waals surface area contributed by atoms with Gasteiger partial charge in [-0.3, -0.25) is 0 Å². The predicted octanol–water partition coefficient (Wildman–Crippen LogP) is 4.48. The molecule has 0 amide bonds. The molecule has 0 aromatic heterocycles. The fourth-order valence-corrected chi connectivity index (χ4v) is 3.88. The second-order valence-electron chi connectivity index (χ2n) is 6.93. The highest BCUT2D eigenvalue weighted by molar-refractivity contribution is 5.85. The van der Waals surface area contributed by atoms with E-state index in [1.54, 1.807) is 12.1 Å². The second kappa shape index (κ2) is 8.81. The molecule has 1 saturated heterocycles. The van der Waals surface area contributed by atoms with Gasteiger partial charge < -0.3 is 19.1 Å². The molecule has 0 N–H and O–H groups in total. The molecule has 2 aliphatic rings. The van der Waals surface area contributed by atoms with Gasteiger partial charge in [-0.15, -0.1) is 12.4 Å². The highest BCUT2D eigenvalue weighted by atomic mass is 35.5. The van der Waals surface area contributed by atoms with Crippen molar-refractivity contribution in [3.63, 3.8) is 0 Å². The van der Waals surface area contributed by atoms with Crippen molar-refractivity contribution in [2.45, 2.75) is 19.3 Å². The van der Waals surface area contributed by atoms with E-state index in [9.17, 15) is 4.39 Å². The van der Waals surface area contributed by atoms with Crippen LogP contribution in [0.5, 0.6) is 17.2 Å². The van der Waals surface area contributed by atoms with Crippen LogP contribution in [-0.2, 0) is 0 Å². The molecular formula is C21H25ClFNO3. The first-order valence-corrected chi connectivity index (χ1v) is 9.23. The fraction of sp³-hybridized carbons (Fsp3) is 0.429. The van der Waals surface area contributed by atoms with Gasteiger partial charge >= 0.3 is 0 Å². The minimum absolute atomic E-state index is 0. The van der Waals surface area contributed by atoms with Crippen molar-refractivity contribution in [3.8, 4) is 17.2 Å². The Morgan fingerprint density at radius 2 is 1.89 bits per heavy atom. The van der Waals surface area contributed by atoms with Crippen LogP contribution in [0.4, 0.5) is 4.39 Å². The van der Waals surface area contributed by atoms with Crippen LogP contribution in [0.25, 0.3) is 0 Å². The summed E-state index contributed by atoms with van der Waals surface area (Å²) in [6, 6.07) is 12.6. The molecule has 0 radical (unpaired) electrons. The van der Waals surface area contributed by atoms with E-state index in [1.807, 2.05) is 30.3 Å². The maximum atomic E-state index is 13.3. The Morgan fingerprint density at radius 3 is 2.67 bits per heavy atom. The zero-order valence-corrected chi connectivity index (χ0v) is 16.2. The van der Waals surface area contributed by atoms with E-state index in [0.717, 1.165) is 43.3 Å². The molecule has 4 rings (SSSR count). The Hall–Kier alpha value is -1.98. The number of benzene rings is 2. The van der Waals surface area contributed by atoms with Gasteiger partial charge in [-0.2, -0.15) is 0 Å². The lowest BCUT2D eigenvalue weighted by Gasteiger charge is -2.38. The van der Waals surface area contributed by atoms with E-state index in [0.29, 0.717) is 18.4 Å². The first-order valence-electron chi connectivity index (χ1n) is 9.23. The third-order valence-electron chi connectivity index (χ3n) is 5.37. The topological polar surface area (TPSA) is 30.9 Å². The summed E-state index contributed by atoms with van der Waals surface area (Å²) < 4.78 is 30.2. The first-order chi connectivity index (χ1) is 12.7. The SMILES string of the molecule is CCN1CC[C@@H](c2ccc(F)cc2)[C@H](COc2ccc3c(c2)OCO3)C1.Cl. The van der Waals surface area contributed by atoms with Crippen molar-refractivity contribution in [3.05, 3.63) is 53.8 Å². The molecule has 2 atom stereocenters. The summed E-state index contributed by atoms with van der Waals surface area (Å²) >= 11 is 0. The molecule has 2 heterocycles. The van der Waals surface area contributed by atoms with Crippen LogP contribution >= 0.6 is 12.4 Å². The van der Waals surface area contributed by atoms with Crippen LogP contribution < -0.4 is 14.2 Å². The molecule has 2 aromatic carbocycles. The van der Waals surface area contributed by atoms with Crippen molar-refractivity contribution >= 4 is 12.4 Å². The van der Waals surface area contributed by atoms with Crippen LogP contribution in [0.2, 0.25) is 0 Å². The molecule has 0 bridgehead atoms. The Labute approximate surface area is 165 Å². The Balaban J connectivity index is 0.00000210. The summed E-state index contributed by atoms with van der Waals surface area (Å²) in [5, 5.41) is 0. The molecule has 0 aliphatic carbocycles. The Bertz CT molecular complexity index is 756. The van der Waals surface area contributed by atoms with Crippen molar-refractivity contribution in [2.75, 3.05) is 33.0 Å². The van der Waals surface area contributed by atoms with E-state index >= 15 is 0 Å². The van der Waals surface area contributed by atoms with Gasteiger partial charge in [0.05, 0.1) is 6.61 Å². The molecule has 0 spiro atoms.